The van der Waals surface area contributed by atoms with Crippen LogP contribution in [0, 0.1) is 0 Å². The van der Waals surface area contributed by atoms with Crippen molar-refractivity contribution in [2.24, 2.45) is 0 Å². The van der Waals surface area contributed by atoms with Crippen molar-refractivity contribution in [2.75, 3.05) is 0 Å². The Morgan fingerprint density at radius 2 is 1.05 bits per heavy atom. The molecule has 2 N–H and O–H groups in total. The first kappa shape index (κ1) is 18.9. The summed E-state index contributed by atoms with van der Waals surface area (Å²) in [4.78, 5) is 0. The number of rotatable bonds is 14. The van der Waals surface area contributed by atoms with Crippen molar-refractivity contribution >= 4 is 0 Å². The van der Waals surface area contributed by atoms with Crippen LogP contribution >= 0.6 is 0 Å². The van der Waals surface area contributed by atoms with E-state index in [2.05, 4.69) is 6.92 Å². The van der Waals surface area contributed by atoms with Crippen LogP contribution in [0.15, 0.2) is 0 Å². The number of hydrogen-bond acceptors (Lipinski definition) is 2. The molecule has 0 aromatic heterocycles. The van der Waals surface area contributed by atoms with Crippen molar-refractivity contribution in [3.05, 3.63) is 0 Å². The van der Waals surface area contributed by atoms with E-state index in [0.717, 1.165) is 38.5 Å². The minimum atomic E-state index is -0.169. The average Bonchev–Trinajstić information content (AvgIpc) is 2.37. The summed E-state index contributed by atoms with van der Waals surface area (Å²) in [6, 6.07) is 0. The molecule has 0 aliphatic heterocycles. The van der Waals surface area contributed by atoms with Crippen LogP contribution in [-0.2, 0) is 0 Å². The van der Waals surface area contributed by atoms with Gasteiger partial charge >= 0.3 is 0 Å². The molecule has 0 aliphatic rings. The summed E-state index contributed by atoms with van der Waals surface area (Å²) in [7, 11) is 0. The van der Waals surface area contributed by atoms with Gasteiger partial charge in [0.25, 0.3) is 0 Å². The monoisotopic (exact) mass is 272 g/mol. The molecule has 2 atom stereocenters. The number of hydrogen-bond donors (Lipinski definition) is 2. The zero-order chi connectivity index (χ0) is 14.3. The molecule has 0 saturated carbocycles. The van der Waals surface area contributed by atoms with E-state index in [-0.39, 0.29) is 12.2 Å². The van der Waals surface area contributed by atoms with Gasteiger partial charge in [0.1, 0.15) is 0 Å². The van der Waals surface area contributed by atoms with Gasteiger partial charge in [-0.15, -0.1) is 0 Å². The molecule has 0 fully saturated rings. The summed E-state index contributed by atoms with van der Waals surface area (Å²) in [6.45, 7) is 4.09. The molecule has 0 aliphatic carbocycles. The zero-order valence-electron chi connectivity index (χ0n) is 13.2. The molecule has 0 aromatic carbocycles. The second-order valence-electron chi connectivity index (χ2n) is 6.05. The summed E-state index contributed by atoms with van der Waals surface area (Å²) in [6.07, 6.45) is 15.1. The van der Waals surface area contributed by atoms with Crippen LogP contribution in [0.4, 0.5) is 0 Å². The fourth-order valence-corrected chi connectivity index (χ4v) is 2.48. The van der Waals surface area contributed by atoms with Crippen molar-refractivity contribution < 1.29 is 10.2 Å². The molecule has 116 valence electrons. The Hall–Kier alpha value is -0.0800. The van der Waals surface area contributed by atoms with Crippen LogP contribution in [0.5, 0.6) is 0 Å². The van der Waals surface area contributed by atoms with Gasteiger partial charge in [0.2, 0.25) is 0 Å². The Kier molecular flexibility index (Phi) is 14.3. The maximum atomic E-state index is 9.85. The van der Waals surface area contributed by atoms with E-state index in [4.69, 9.17) is 5.11 Å². The predicted octanol–water partition coefficient (Wildman–Crippen LogP) is 4.82. The van der Waals surface area contributed by atoms with E-state index >= 15 is 0 Å². The SMILES string of the molecule is CCCCCCCCCC(O)CCCCCC(C)O. The molecule has 0 aromatic rings. The van der Waals surface area contributed by atoms with Crippen molar-refractivity contribution in [2.45, 2.75) is 110 Å². The van der Waals surface area contributed by atoms with Crippen molar-refractivity contribution in [1.82, 2.24) is 0 Å². The van der Waals surface area contributed by atoms with Crippen molar-refractivity contribution in [1.29, 1.82) is 0 Å². The number of aliphatic hydroxyl groups excluding tert-OH is 2. The molecule has 0 bridgehead atoms. The first-order chi connectivity index (χ1) is 9.16. The third-order valence-electron chi connectivity index (χ3n) is 3.80. The Morgan fingerprint density at radius 1 is 0.632 bits per heavy atom. The lowest BCUT2D eigenvalue weighted by Gasteiger charge is -2.10. The molecular weight excluding hydrogens is 236 g/mol. The topological polar surface area (TPSA) is 40.5 Å². The fourth-order valence-electron chi connectivity index (χ4n) is 2.48. The lowest BCUT2D eigenvalue weighted by atomic mass is 10.0. The van der Waals surface area contributed by atoms with Crippen molar-refractivity contribution in [3.63, 3.8) is 0 Å². The summed E-state index contributed by atoms with van der Waals surface area (Å²) in [5.74, 6) is 0. The molecule has 2 heteroatoms. The van der Waals surface area contributed by atoms with Crippen LogP contribution in [0.2, 0.25) is 0 Å². The van der Waals surface area contributed by atoms with Gasteiger partial charge in [-0.25, -0.2) is 0 Å². The van der Waals surface area contributed by atoms with Gasteiger partial charge in [-0.3, -0.25) is 0 Å². The summed E-state index contributed by atoms with van der Waals surface area (Å²) >= 11 is 0. The maximum absolute atomic E-state index is 9.85. The predicted molar refractivity (Wildman–Crippen MR) is 83.4 cm³/mol. The molecular formula is C17H36O2. The minimum absolute atomic E-state index is 0.0952. The first-order valence-electron chi connectivity index (χ1n) is 8.53. The smallest absolute Gasteiger partial charge is 0.0540 e. The molecule has 0 spiro atoms. The molecule has 0 radical (unpaired) electrons. The third-order valence-corrected chi connectivity index (χ3v) is 3.80. The lowest BCUT2D eigenvalue weighted by molar-refractivity contribution is 0.145. The highest BCUT2D eigenvalue weighted by Crippen LogP contribution is 2.13. The van der Waals surface area contributed by atoms with E-state index in [9.17, 15) is 5.11 Å². The second kappa shape index (κ2) is 14.3. The van der Waals surface area contributed by atoms with Gasteiger partial charge < -0.3 is 10.2 Å². The molecule has 0 heterocycles. The average molecular weight is 272 g/mol. The van der Waals surface area contributed by atoms with E-state index in [1.165, 1.54) is 44.9 Å². The van der Waals surface area contributed by atoms with Crippen LogP contribution in [0.1, 0.15) is 97.3 Å². The number of aliphatic hydroxyl groups is 2. The van der Waals surface area contributed by atoms with Gasteiger partial charge in [-0.1, -0.05) is 71.1 Å². The Morgan fingerprint density at radius 3 is 1.58 bits per heavy atom. The zero-order valence-corrected chi connectivity index (χ0v) is 13.2. The fraction of sp³-hybridized carbons (Fsp3) is 1.00. The van der Waals surface area contributed by atoms with Crippen LogP contribution < -0.4 is 0 Å². The van der Waals surface area contributed by atoms with Gasteiger partial charge in [0, 0.05) is 0 Å². The standard InChI is InChI=1S/C17H36O2/c1-3-4-5-6-7-8-11-14-17(19)15-12-9-10-13-16(2)18/h16-19H,3-15H2,1-2H3. The first-order valence-corrected chi connectivity index (χ1v) is 8.53. The molecule has 19 heavy (non-hydrogen) atoms. The van der Waals surface area contributed by atoms with Gasteiger partial charge in [0.05, 0.1) is 12.2 Å². The normalized spacial score (nSPS) is 14.5. The van der Waals surface area contributed by atoms with Gasteiger partial charge in [-0.05, 0) is 26.2 Å². The van der Waals surface area contributed by atoms with Crippen LogP contribution in [0.3, 0.4) is 0 Å². The second-order valence-corrected chi connectivity index (χ2v) is 6.05. The Bertz CT molecular complexity index is 169. The van der Waals surface area contributed by atoms with E-state index in [0.29, 0.717) is 0 Å². The van der Waals surface area contributed by atoms with E-state index in [1.807, 2.05) is 6.92 Å². The Balaban J connectivity index is 3.14. The Labute approximate surface area is 120 Å². The molecule has 2 unspecified atom stereocenters. The summed E-state index contributed by atoms with van der Waals surface area (Å²) in [5.41, 5.74) is 0. The molecule has 0 rings (SSSR count). The third kappa shape index (κ3) is 15.9. The van der Waals surface area contributed by atoms with Crippen LogP contribution in [-0.4, -0.2) is 22.4 Å². The minimum Gasteiger partial charge on any atom is -0.393 e. The highest BCUT2D eigenvalue weighted by Gasteiger charge is 2.04. The van der Waals surface area contributed by atoms with Gasteiger partial charge in [0.15, 0.2) is 0 Å². The molecule has 0 saturated heterocycles. The van der Waals surface area contributed by atoms with Crippen LogP contribution in [0.25, 0.3) is 0 Å². The molecule has 2 nitrogen and oxygen atoms in total. The largest absolute Gasteiger partial charge is 0.393 e. The number of unbranched alkanes of at least 4 members (excludes halogenated alkanes) is 8. The lowest BCUT2D eigenvalue weighted by Crippen LogP contribution is -2.06. The summed E-state index contributed by atoms with van der Waals surface area (Å²) in [5, 5.41) is 19.0. The highest BCUT2D eigenvalue weighted by atomic mass is 16.3. The van der Waals surface area contributed by atoms with E-state index in [1.54, 1.807) is 0 Å². The molecule has 0 amide bonds. The highest BCUT2D eigenvalue weighted by molar-refractivity contribution is 4.58. The summed E-state index contributed by atoms with van der Waals surface area (Å²) < 4.78 is 0. The van der Waals surface area contributed by atoms with E-state index < -0.39 is 0 Å². The quantitative estimate of drug-likeness (QED) is 0.445. The van der Waals surface area contributed by atoms with Crippen molar-refractivity contribution in [3.8, 4) is 0 Å². The van der Waals surface area contributed by atoms with Gasteiger partial charge in [-0.2, -0.15) is 0 Å². The maximum Gasteiger partial charge on any atom is 0.0540 e.